The first-order chi connectivity index (χ1) is 6.35. The molecule has 0 heterocycles. The molecule has 14 heavy (non-hydrogen) atoms. The van der Waals surface area contributed by atoms with Gasteiger partial charge in [0.25, 0.3) is 0 Å². The molecule has 4 nitrogen and oxygen atoms in total. The minimum atomic E-state index is -1.53. The Hall–Kier alpha value is -0.680. The van der Waals surface area contributed by atoms with E-state index in [0.29, 0.717) is 0 Å². The molecule has 0 aromatic carbocycles. The summed E-state index contributed by atoms with van der Waals surface area (Å²) in [5.41, 5.74) is 2.92. The van der Waals surface area contributed by atoms with Crippen LogP contribution in [0.3, 0.4) is 0 Å². The molecule has 2 fully saturated rings. The summed E-state index contributed by atoms with van der Waals surface area (Å²) in [6.45, 7) is 1.37. The summed E-state index contributed by atoms with van der Waals surface area (Å²) in [5, 5.41) is 9.53. The first kappa shape index (κ1) is 9.86. The Balaban J connectivity index is 2.28. The number of aliphatic hydroxyl groups excluding tert-OH is 1. The highest BCUT2D eigenvalue weighted by molar-refractivity contribution is 5.83. The molecule has 5 unspecified atom stereocenters. The van der Waals surface area contributed by atoms with Crippen LogP contribution >= 0.6 is 0 Å². The highest BCUT2D eigenvalue weighted by Crippen LogP contribution is 2.66. The number of methoxy groups -OCH3 is 1. The first-order valence-electron chi connectivity index (χ1n) is 4.60. The van der Waals surface area contributed by atoms with Crippen LogP contribution in [0.4, 0.5) is 4.39 Å². The summed E-state index contributed by atoms with van der Waals surface area (Å²) >= 11 is 0. The molecule has 0 aromatic rings. The van der Waals surface area contributed by atoms with Crippen LogP contribution in [0.1, 0.15) is 13.3 Å². The Kier molecular flexibility index (Phi) is 1.73. The molecule has 0 aromatic heterocycles. The molecule has 5 heteroatoms. The van der Waals surface area contributed by atoms with Gasteiger partial charge in [0.05, 0.1) is 13.2 Å². The van der Waals surface area contributed by atoms with Crippen molar-refractivity contribution in [3.63, 3.8) is 0 Å². The Morgan fingerprint density at radius 1 is 1.71 bits per heavy atom. The fraction of sp³-hybridized carbons (Fsp3) is 0.889. The van der Waals surface area contributed by atoms with Gasteiger partial charge < -0.3 is 15.6 Å². The number of esters is 1. The highest BCUT2D eigenvalue weighted by Gasteiger charge is 2.79. The topological polar surface area (TPSA) is 72.5 Å². The van der Waals surface area contributed by atoms with Crippen molar-refractivity contribution in [1.82, 2.24) is 0 Å². The third kappa shape index (κ3) is 0.914. The number of alkyl halides is 1. The molecule has 80 valence electrons. The van der Waals surface area contributed by atoms with Gasteiger partial charge in [-0.2, -0.15) is 0 Å². The van der Waals surface area contributed by atoms with Crippen LogP contribution in [0.25, 0.3) is 0 Å². The minimum absolute atomic E-state index is 0.0918. The van der Waals surface area contributed by atoms with Gasteiger partial charge in [-0.15, -0.1) is 0 Å². The number of carbonyl (C=O) groups is 1. The molecule has 5 atom stereocenters. The van der Waals surface area contributed by atoms with Crippen LogP contribution < -0.4 is 5.73 Å². The van der Waals surface area contributed by atoms with E-state index in [1.807, 2.05) is 0 Å². The normalized spacial score (nSPS) is 55.4. The molecule has 3 N–H and O–H groups in total. The summed E-state index contributed by atoms with van der Waals surface area (Å²) in [7, 11) is 1.22. The second-order valence-electron chi connectivity index (χ2n) is 4.46. The Bertz CT molecular complexity index is 294. The number of ether oxygens (including phenoxy) is 1. The largest absolute Gasteiger partial charge is 0.468 e. The Labute approximate surface area is 81.2 Å². The fourth-order valence-corrected chi connectivity index (χ4v) is 2.94. The van der Waals surface area contributed by atoms with Crippen molar-refractivity contribution >= 4 is 5.97 Å². The average molecular weight is 203 g/mol. The maximum absolute atomic E-state index is 13.7. The number of hydrogen-bond donors (Lipinski definition) is 2. The van der Waals surface area contributed by atoms with Gasteiger partial charge in [-0.25, -0.2) is 4.39 Å². The second-order valence-corrected chi connectivity index (χ2v) is 4.46. The standard InChI is InChI=1S/C9H14FNO3/c1-8(10)5-4(12)3-9(11,6(5)8)7(13)14-2/h4-6,12H,3,11H2,1-2H3. The summed E-state index contributed by atoms with van der Waals surface area (Å²) < 4.78 is 18.2. The van der Waals surface area contributed by atoms with Crippen molar-refractivity contribution < 1.29 is 19.0 Å². The van der Waals surface area contributed by atoms with Crippen LogP contribution in [-0.2, 0) is 9.53 Å². The molecule has 2 aliphatic rings. The maximum atomic E-state index is 13.7. The zero-order valence-corrected chi connectivity index (χ0v) is 8.16. The lowest BCUT2D eigenvalue weighted by Gasteiger charge is -2.26. The zero-order chi connectivity index (χ0) is 10.7. The molecule has 0 bridgehead atoms. The lowest BCUT2D eigenvalue weighted by Crippen LogP contribution is -2.52. The SMILES string of the molecule is COC(=O)C1(N)CC(O)C2C1C2(C)F. The molecule has 0 amide bonds. The van der Waals surface area contributed by atoms with Crippen LogP contribution in [0.5, 0.6) is 0 Å². The van der Waals surface area contributed by atoms with Crippen LogP contribution in [-0.4, -0.2) is 35.5 Å². The molecule has 0 radical (unpaired) electrons. The average Bonchev–Trinajstić information content (AvgIpc) is 2.54. The zero-order valence-electron chi connectivity index (χ0n) is 8.16. The van der Waals surface area contributed by atoms with Gasteiger partial charge >= 0.3 is 5.97 Å². The lowest BCUT2D eigenvalue weighted by molar-refractivity contribution is -0.149. The van der Waals surface area contributed by atoms with Gasteiger partial charge in [0.2, 0.25) is 0 Å². The van der Waals surface area contributed by atoms with E-state index in [1.165, 1.54) is 14.0 Å². The van der Waals surface area contributed by atoms with Crippen molar-refractivity contribution in [1.29, 1.82) is 0 Å². The van der Waals surface area contributed by atoms with E-state index in [0.717, 1.165) is 0 Å². The number of aliphatic hydroxyl groups is 1. The van der Waals surface area contributed by atoms with Crippen molar-refractivity contribution in [2.45, 2.75) is 30.7 Å². The number of fused-ring (bicyclic) bond motifs is 1. The van der Waals surface area contributed by atoms with E-state index in [-0.39, 0.29) is 6.42 Å². The van der Waals surface area contributed by atoms with Gasteiger partial charge in [-0.05, 0) is 6.92 Å². The van der Waals surface area contributed by atoms with E-state index in [4.69, 9.17) is 5.73 Å². The molecular formula is C9H14FNO3. The van der Waals surface area contributed by atoms with Gasteiger partial charge in [-0.1, -0.05) is 0 Å². The molecule has 2 aliphatic carbocycles. The van der Waals surface area contributed by atoms with E-state index in [9.17, 15) is 14.3 Å². The smallest absolute Gasteiger partial charge is 0.326 e. The highest BCUT2D eigenvalue weighted by atomic mass is 19.1. The summed E-state index contributed by atoms with van der Waals surface area (Å²) in [6, 6.07) is 0. The first-order valence-corrected chi connectivity index (χ1v) is 4.60. The molecule has 0 spiro atoms. The van der Waals surface area contributed by atoms with Gasteiger partial charge in [0, 0.05) is 18.3 Å². The van der Waals surface area contributed by atoms with Gasteiger partial charge in [0.15, 0.2) is 0 Å². The van der Waals surface area contributed by atoms with Crippen molar-refractivity contribution in [2.24, 2.45) is 17.6 Å². The van der Waals surface area contributed by atoms with Gasteiger partial charge in [0.1, 0.15) is 11.2 Å². The van der Waals surface area contributed by atoms with Crippen LogP contribution in [0.2, 0.25) is 0 Å². The minimum Gasteiger partial charge on any atom is -0.468 e. The maximum Gasteiger partial charge on any atom is 0.326 e. The number of rotatable bonds is 1. The quantitative estimate of drug-likeness (QED) is 0.568. The van der Waals surface area contributed by atoms with Gasteiger partial charge in [-0.3, -0.25) is 4.79 Å². The summed E-state index contributed by atoms with van der Waals surface area (Å²) in [6.07, 6.45) is -0.742. The van der Waals surface area contributed by atoms with E-state index in [2.05, 4.69) is 4.74 Å². The Morgan fingerprint density at radius 3 is 2.64 bits per heavy atom. The van der Waals surface area contributed by atoms with E-state index in [1.54, 1.807) is 0 Å². The third-order valence-electron chi connectivity index (χ3n) is 3.59. The van der Waals surface area contributed by atoms with Crippen molar-refractivity contribution in [3.05, 3.63) is 0 Å². The molecule has 2 rings (SSSR count). The lowest BCUT2D eigenvalue weighted by atomic mass is 9.90. The number of nitrogens with two attached hydrogens (primary N) is 1. The monoisotopic (exact) mass is 203 g/mol. The number of halogens is 1. The molecule has 2 saturated carbocycles. The molecule has 0 saturated heterocycles. The predicted molar refractivity (Wildman–Crippen MR) is 46.1 cm³/mol. The fourth-order valence-electron chi connectivity index (χ4n) is 2.94. The predicted octanol–water partition coefficient (Wildman–Crippen LogP) is -0.404. The van der Waals surface area contributed by atoms with E-state index < -0.39 is 35.1 Å². The summed E-state index contributed by atoms with van der Waals surface area (Å²) in [5.74, 6) is -1.74. The van der Waals surface area contributed by atoms with Crippen molar-refractivity contribution in [2.75, 3.05) is 7.11 Å². The Morgan fingerprint density at radius 2 is 2.29 bits per heavy atom. The van der Waals surface area contributed by atoms with E-state index >= 15 is 0 Å². The second kappa shape index (κ2) is 2.46. The molecule has 0 aliphatic heterocycles. The third-order valence-corrected chi connectivity index (χ3v) is 3.59. The summed E-state index contributed by atoms with van der Waals surface area (Å²) in [4.78, 5) is 11.4. The van der Waals surface area contributed by atoms with Crippen molar-refractivity contribution in [3.8, 4) is 0 Å². The van der Waals surface area contributed by atoms with Crippen LogP contribution in [0.15, 0.2) is 0 Å². The molecular weight excluding hydrogens is 189 g/mol. The van der Waals surface area contributed by atoms with Crippen LogP contribution in [0, 0.1) is 11.8 Å². The number of hydrogen-bond acceptors (Lipinski definition) is 4. The number of carbonyl (C=O) groups excluding carboxylic acids is 1.